The Morgan fingerprint density at radius 1 is 1.12 bits per heavy atom. The van der Waals surface area contributed by atoms with Crippen LogP contribution in [0.5, 0.6) is 0 Å². The van der Waals surface area contributed by atoms with Gasteiger partial charge in [-0.15, -0.1) is 0 Å². The summed E-state index contributed by atoms with van der Waals surface area (Å²) in [5.74, 6) is -1.08. The van der Waals surface area contributed by atoms with Crippen LogP contribution < -0.4 is 5.32 Å². The molecule has 0 aliphatic carbocycles. The molecule has 0 bridgehead atoms. The lowest BCUT2D eigenvalue weighted by Gasteiger charge is -2.06. The number of halogens is 1. The van der Waals surface area contributed by atoms with Crippen molar-refractivity contribution in [1.29, 1.82) is 0 Å². The van der Waals surface area contributed by atoms with Gasteiger partial charge in [0.05, 0.1) is 5.02 Å². The number of para-hydroxylation sites is 1. The van der Waals surface area contributed by atoms with Crippen LogP contribution in [-0.2, 0) is 9.53 Å². The number of carbonyl (C=O) groups excluding carboxylic acids is 2. The number of furan rings is 1. The topological polar surface area (TPSA) is 68.5 Å². The molecule has 128 valence electrons. The highest BCUT2D eigenvalue weighted by molar-refractivity contribution is 6.35. The van der Waals surface area contributed by atoms with Gasteiger partial charge in [-0.1, -0.05) is 41.4 Å². The van der Waals surface area contributed by atoms with Crippen LogP contribution in [0.2, 0.25) is 5.02 Å². The third kappa shape index (κ3) is 3.67. The monoisotopic (exact) mass is 357 g/mol. The van der Waals surface area contributed by atoms with Gasteiger partial charge in [-0.2, -0.15) is 0 Å². The van der Waals surface area contributed by atoms with Crippen molar-refractivity contribution in [3.05, 3.63) is 64.4 Å². The Morgan fingerprint density at radius 3 is 2.52 bits per heavy atom. The molecule has 25 heavy (non-hydrogen) atoms. The maximum atomic E-state index is 12.2. The molecule has 6 heteroatoms. The maximum Gasteiger partial charge on any atom is 0.375 e. The predicted octanol–water partition coefficient (Wildman–Crippen LogP) is 4.50. The molecule has 0 aliphatic rings. The molecule has 1 aromatic heterocycles. The van der Waals surface area contributed by atoms with E-state index in [9.17, 15) is 9.59 Å². The molecule has 0 radical (unpaired) electrons. The lowest BCUT2D eigenvalue weighted by molar-refractivity contribution is -0.119. The third-order valence-electron chi connectivity index (χ3n) is 3.77. The number of anilines is 1. The van der Waals surface area contributed by atoms with Crippen molar-refractivity contribution in [2.24, 2.45) is 0 Å². The van der Waals surface area contributed by atoms with Gasteiger partial charge in [0.25, 0.3) is 5.91 Å². The standard InChI is InChI=1S/C19H16ClNO4/c1-11-6-8-13(9-7-11)21-16(22)10-24-19(23)17-12(2)14-4-3-5-15(20)18(14)25-17/h3-9H,10H2,1-2H3,(H,21,22). The number of nitrogens with one attached hydrogen (secondary N) is 1. The molecule has 2 aromatic carbocycles. The van der Waals surface area contributed by atoms with Crippen molar-refractivity contribution >= 4 is 40.1 Å². The first-order valence-electron chi connectivity index (χ1n) is 7.67. The van der Waals surface area contributed by atoms with Crippen molar-refractivity contribution in [2.75, 3.05) is 11.9 Å². The molecular weight excluding hydrogens is 342 g/mol. The van der Waals surface area contributed by atoms with E-state index in [-0.39, 0.29) is 5.76 Å². The molecule has 0 aliphatic heterocycles. The number of amides is 1. The van der Waals surface area contributed by atoms with Gasteiger partial charge >= 0.3 is 5.97 Å². The van der Waals surface area contributed by atoms with Crippen LogP contribution >= 0.6 is 11.6 Å². The number of hydrogen-bond donors (Lipinski definition) is 1. The van der Waals surface area contributed by atoms with Crippen LogP contribution in [0.3, 0.4) is 0 Å². The summed E-state index contributed by atoms with van der Waals surface area (Å²) in [5.41, 5.74) is 2.78. The number of carbonyl (C=O) groups is 2. The molecule has 0 unspecified atom stereocenters. The number of esters is 1. The van der Waals surface area contributed by atoms with Gasteiger partial charge in [0.1, 0.15) is 0 Å². The summed E-state index contributed by atoms with van der Waals surface area (Å²) in [7, 11) is 0. The van der Waals surface area contributed by atoms with Crippen molar-refractivity contribution in [3.63, 3.8) is 0 Å². The van der Waals surface area contributed by atoms with Gasteiger partial charge in [0.2, 0.25) is 5.76 Å². The molecular formula is C19H16ClNO4. The summed E-state index contributed by atoms with van der Waals surface area (Å²) in [4.78, 5) is 24.1. The van der Waals surface area contributed by atoms with Gasteiger partial charge in [0, 0.05) is 16.6 Å². The fourth-order valence-corrected chi connectivity index (χ4v) is 2.65. The molecule has 3 rings (SSSR count). The average molecular weight is 358 g/mol. The zero-order chi connectivity index (χ0) is 18.0. The van der Waals surface area contributed by atoms with E-state index in [2.05, 4.69) is 5.32 Å². The maximum absolute atomic E-state index is 12.2. The minimum absolute atomic E-state index is 0.0474. The van der Waals surface area contributed by atoms with Crippen LogP contribution in [0, 0.1) is 13.8 Å². The largest absolute Gasteiger partial charge is 0.450 e. The molecule has 1 amide bonds. The van der Waals surface area contributed by atoms with E-state index in [1.807, 2.05) is 19.1 Å². The summed E-state index contributed by atoms with van der Waals surface area (Å²) in [5, 5.41) is 3.81. The summed E-state index contributed by atoms with van der Waals surface area (Å²) < 4.78 is 10.6. The SMILES string of the molecule is Cc1ccc(NC(=O)COC(=O)c2oc3c(Cl)cccc3c2C)cc1. The first-order chi connectivity index (χ1) is 12.0. The van der Waals surface area contributed by atoms with Crippen LogP contribution in [0.1, 0.15) is 21.7 Å². The van der Waals surface area contributed by atoms with Gasteiger partial charge in [-0.25, -0.2) is 4.79 Å². The minimum atomic E-state index is -0.705. The van der Waals surface area contributed by atoms with Crippen LogP contribution in [0.4, 0.5) is 5.69 Å². The second kappa shape index (κ2) is 6.99. The lowest BCUT2D eigenvalue weighted by atomic mass is 10.1. The van der Waals surface area contributed by atoms with E-state index < -0.39 is 18.5 Å². The third-order valence-corrected chi connectivity index (χ3v) is 4.07. The molecule has 0 saturated heterocycles. The van der Waals surface area contributed by atoms with E-state index in [1.54, 1.807) is 37.3 Å². The first-order valence-corrected chi connectivity index (χ1v) is 8.05. The van der Waals surface area contributed by atoms with E-state index in [0.29, 0.717) is 21.9 Å². The second-order valence-corrected chi connectivity index (χ2v) is 6.07. The van der Waals surface area contributed by atoms with Crippen LogP contribution in [0.25, 0.3) is 11.0 Å². The first kappa shape index (κ1) is 17.0. The Bertz CT molecular complexity index is 944. The summed E-state index contributed by atoms with van der Waals surface area (Å²) in [6, 6.07) is 12.6. The summed E-state index contributed by atoms with van der Waals surface area (Å²) in [6.45, 7) is 3.29. The number of fused-ring (bicyclic) bond motifs is 1. The van der Waals surface area contributed by atoms with Gasteiger partial charge in [-0.3, -0.25) is 4.79 Å². The van der Waals surface area contributed by atoms with Crippen molar-refractivity contribution < 1.29 is 18.7 Å². The Morgan fingerprint density at radius 2 is 1.84 bits per heavy atom. The van der Waals surface area contributed by atoms with Crippen molar-refractivity contribution in [2.45, 2.75) is 13.8 Å². The number of rotatable bonds is 4. The average Bonchev–Trinajstić information content (AvgIpc) is 2.93. The van der Waals surface area contributed by atoms with Crippen LogP contribution in [0.15, 0.2) is 46.9 Å². The Kier molecular flexibility index (Phi) is 4.76. The van der Waals surface area contributed by atoms with Crippen LogP contribution in [-0.4, -0.2) is 18.5 Å². The molecule has 5 nitrogen and oxygen atoms in total. The van der Waals surface area contributed by atoms with E-state index in [0.717, 1.165) is 10.9 Å². The molecule has 3 aromatic rings. The molecule has 0 atom stereocenters. The summed E-state index contributed by atoms with van der Waals surface area (Å²) in [6.07, 6.45) is 0. The number of aryl methyl sites for hydroxylation is 2. The quantitative estimate of drug-likeness (QED) is 0.698. The number of benzene rings is 2. The summed E-state index contributed by atoms with van der Waals surface area (Å²) >= 11 is 6.07. The van der Waals surface area contributed by atoms with Crippen molar-refractivity contribution in [3.8, 4) is 0 Å². The van der Waals surface area contributed by atoms with Gasteiger partial charge < -0.3 is 14.5 Å². The Labute approximate surface area is 149 Å². The zero-order valence-electron chi connectivity index (χ0n) is 13.8. The minimum Gasteiger partial charge on any atom is -0.450 e. The lowest BCUT2D eigenvalue weighted by Crippen LogP contribution is -2.21. The van der Waals surface area contributed by atoms with E-state index >= 15 is 0 Å². The van der Waals surface area contributed by atoms with E-state index in [1.165, 1.54) is 0 Å². The predicted molar refractivity (Wildman–Crippen MR) is 96.1 cm³/mol. The normalized spacial score (nSPS) is 10.7. The van der Waals surface area contributed by atoms with Gasteiger partial charge in [0.15, 0.2) is 12.2 Å². The van der Waals surface area contributed by atoms with Crippen molar-refractivity contribution in [1.82, 2.24) is 0 Å². The fourth-order valence-electron chi connectivity index (χ4n) is 2.43. The Balaban J connectivity index is 1.66. The molecule has 0 spiro atoms. The zero-order valence-corrected chi connectivity index (χ0v) is 14.5. The smallest absolute Gasteiger partial charge is 0.375 e. The Hall–Kier alpha value is -2.79. The highest BCUT2D eigenvalue weighted by Gasteiger charge is 2.21. The molecule has 1 N–H and O–H groups in total. The molecule has 1 heterocycles. The van der Waals surface area contributed by atoms with E-state index in [4.69, 9.17) is 20.8 Å². The molecule has 0 fully saturated rings. The number of ether oxygens (including phenoxy) is 1. The highest BCUT2D eigenvalue weighted by Crippen LogP contribution is 2.30. The van der Waals surface area contributed by atoms with Gasteiger partial charge in [-0.05, 0) is 32.0 Å². The number of hydrogen-bond acceptors (Lipinski definition) is 4. The second-order valence-electron chi connectivity index (χ2n) is 5.66. The fraction of sp³-hybridized carbons (Fsp3) is 0.158. The molecule has 0 saturated carbocycles. The highest BCUT2D eigenvalue weighted by atomic mass is 35.5.